The van der Waals surface area contributed by atoms with Crippen LogP contribution in [0.5, 0.6) is 0 Å². The Kier molecular flexibility index (Phi) is 4.11. The zero-order valence-corrected chi connectivity index (χ0v) is 12.6. The van der Waals surface area contributed by atoms with E-state index in [1.165, 1.54) is 4.68 Å². The third kappa shape index (κ3) is 3.55. The summed E-state index contributed by atoms with van der Waals surface area (Å²) in [5, 5.41) is 28.6. The summed E-state index contributed by atoms with van der Waals surface area (Å²) >= 11 is 0. The summed E-state index contributed by atoms with van der Waals surface area (Å²) in [5.41, 5.74) is -1.05. The van der Waals surface area contributed by atoms with Crippen LogP contribution in [0.4, 0.5) is 0 Å². The van der Waals surface area contributed by atoms with Gasteiger partial charge >= 0.3 is 0 Å². The molecule has 0 atom stereocenters. The Morgan fingerprint density at radius 2 is 2.26 bits per heavy atom. The van der Waals surface area contributed by atoms with E-state index in [0.717, 1.165) is 0 Å². The number of rotatable bonds is 8. The predicted octanol–water partition coefficient (Wildman–Crippen LogP) is -0.422. The van der Waals surface area contributed by atoms with Crippen molar-refractivity contribution >= 4 is 5.91 Å². The largest absolute Gasteiger partial charge is 0.379 e. The molecule has 1 fully saturated rings. The molecule has 9 nitrogen and oxygen atoms in total. The van der Waals surface area contributed by atoms with E-state index in [1.54, 1.807) is 6.20 Å². The molecule has 1 saturated heterocycles. The molecule has 0 spiro atoms. The van der Waals surface area contributed by atoms with Crippen LogP contribution in [-0.2, 0) is 21.7 Å². The molecule has 1 aromatic heterocycles. The van der Waals surface area contributed by atoms with Crippen LogP contribution < -0.4 is 5.32 Å². The fourth-order valence-electron chi connectivity index (χ4n) is 2.31. The molecule has 1 amide bonds. The summed E-state index contributed by atoms with van der Waals surface area (Å²) < 4.78 is 6.35. The molecule has 0 saturated carbocycles. The number of nitrogens with one attached hydrogen (secondary N) is 1. The quantitative estimate of drug-likeness (QED) is 0.632. The van der Waals surface area contributed by atoms with E-state index in [1.807, 2.05) is 0 Å². The average molecular weight is 318 g/mol. The SMILES string of the molecule is C#CCCC1(CCNC(=O)Cn2cc(C3(O)COC3)nn2)N=N1. The lowest BCUT2D eigenvalue weighted by Gasteiger charge is -2.34. The number of aliphatic hydroxyl groups is 1. The number of terminal acetylenes is 1. The van der Waals surface area contributed by atoms with E-state index in [2.05, 4.69) is 31.8 Å². The molecule has 2 N–H and O–H groups in total. The van der Waals surface area contributed by atoms with Crippen LogP contribution in [0.15, 0.2) is 16.4 Å². The molecule has 9 heteroatoms. The molecular formula is C14H18N6O3. The zero-order valence-electron chi connectivity index (χ0n) is 12.6. The van der Waals surface area contributed by atoms with Gasteiger partial charge in [0.25, 0.3) is 0 Å². The monoisotopic (exact) mass is 318 g/mol. The highest BCUT2D eigenvalue weighted by molar-refractivity contribution is 5.75. The van der Waals surface area contributed by atoms with Crippen LogP contribution in [0.1, 0.15) is 25.0 Å². The minimum atomic E-state index is -1.08. The van der Waals surface area contributed by atoms with Crippen LogP contribution in [0.2, 0.25) is 0 Å². The van der Waals surface area contributed by atoms with E-state index < -0.39 is 11.3 Å². The Morgan fingerprint density at radius 1 is 1.48 bits per heavy atom. The Morgan fingerprint density at radius 3 is 2.87 bits per heavy atom. The van der Waals surface area contributed by atoms with Crippen molar-refractivity contribution in [3.63, 3.8) is 0 Å². The predicted molar refractivity (Wildman–Crippen MR) is 78.0 cm³/mol. The lowest BCUT2D eigenvalue weighted by Crippen LogP contribution is -2.46. The third-order valence-corrected chi connectivity index (χ3v) is 3.90. The van der Waals surface area contributed by atoms with Gasteiger partial charge in [-0.25, -0.2) is 4.68 Å². The summed E-state index contributed by atoms with van der Waals surface area (Å²) in [6.07, 6.45) is 8.76. The van der Waals surface area contributed by atoms with E-state index in [0.29, 0.717) is 31.5 Å². The molecule has 2 aliphatic heterocycles. The highest BCUT2D eigenvalue weighted by Crippen LogP contribution is 2.36. The maximum Gasteiger partial charge on any atom is 0.241 e. The van der Waals surface area contributed by atoms with E-state index >= 15 is 0 Å². The minimum absolute atomic E-state index is 0.0373. The van der Waals surface area contributed by atoms with Crippen LogP contribution in [-0.4, -0.2) is 51.4 Å². The lowest BCUT2D eigenvalue weighted by atomic mass is 9.99. The van der Waals surface area contributed by atoms with Crippen molar-refractivity contribution in [2.45, 2.75) is 37.1 Å². The van der Waals surface area contributed by atoms with Crippen LogP contribution >= 0.6 is 0 Å². The average Bonchev–Trinajstić information content (AvgIpc) is 3.11. The molecule has 0 bridgehead atoms. The second-order valence-corrected chi connectivity index (χ2v) is 5.81. The molecule has 0 aromatic carbocycles. The van der Waals surface area contributed by atoms with Gasteiger partial charge in [-0.1, -0.05) is 5.21 Å². The minimum Gasteiger partial charge on any atom is -0.379 e. The molecule has 23 heavy (non-hydrogen) atoms. The van der Waals surface area contributed by atoms with Crippen LogP contribution in [0.3, 0.4) is 0 Å². The zero-order chi connectivity index (χ0) is 16.3. The molecule has 0 unspecified atom stereocenters. The molecule has 1 aromatic rings. The molecule has 2 aliphatic rings. The van der Waals surface area contributed by atoms with Gasteiger partial charge in [0.1, 0.15) is 12.2 Å². The van der Waals surface area contributed by atoms with Crippen LogP contribution in [0.25, 0.3) is 0 Å². The maximum atomic E-state index is 11.9. The first kappa shape index (κ1) is 15.6. The number of aromatic nitrogens is 3. The second kappa shape index (κ2) is 6.06. The van der Waals surface area contributed by atoms with Gasteiger partial charge in [-0.15, -0.1) is 17.4 Å². The Labute approximate surface area is 133 Å². The Bertz CT molecular complexity index is 652. The number of hydrogen-bond acceptors (Lipinski definition) is 7. The molecular weight excluding hydrogens is 300 g/mol. The van der Waals surface area contributed by atoms with Crippen molar-refractivity contribution in [3.8, 4) is 12.3 Å². The number of hydrogen-bond donors (Lipinski definition) is 2. The lowest BCUT2D eigenvalue weighted by molar-refractivity contribution is -0.186. The Hall–Kier alpha value is -2.31. The summed E-state index contributed by atoms with van der Waals surface area (Å²) in [6.45, 7) is 0.903. The molecule has 0 aliphatic carbocycles. The van der Waals surface area contributed by atoms with Crippen LogP contribution in [0, 0.1) is 12.3 Å². The van der Waals surface area contributed by atoms with Gasteiger partial charge < -0.3 is 15.2 Å². The first-order valence-electron chi connectivity index (χ1n) is 7.40. The molecule has 0 radical (unpaired) electrons. The summed E-state index contributed by atoms with van der Waals surface area (Å²) in [5.74, 6) is 2.38. The van der Waals surface area contributed by atoms with Crippen molar-refractivity contribution in [1.29, 1.82) is 0 Å². The summed E-state index contributed by atoms with van der Waals surface area (Å²) in [6, 6.07) is 0. The van der Waals surface area contributed by atoms with Crippen molar-refractivity contribution < 1.29 is 14.6 Å². The first-order valence-corrected chi connectivity index (χ1v) is 7.40. The topological polar surface area (TPSA) is 114 Å². The number of carbonyl (C=O) groups is 1. The number of carbonyl (C=O) groups excluding carboxylic acids is 1. The van der Waals surface area contributed by atoms with E-state index in [-0.39, 0.29) is 25.7 Å². The molecule has 122 valence electrons. The van der Waals surface area contributed by atoms with Gasteiger partial charge in [0.2, 0.25) is 5.91 Å². The van der Waals surface area contributed by atoms with E-state index in [9.17, 15) is 9.90 Å². The van der Waals surface area contributed by atoms with Crippen molar-refractivity contribution in [3.05, 3.63) is 11.9 Å². The number of amides is 1. The normalized spacial score (nSPS) is 19.7. The standard InChI is InChI=1S/C14H18N6O3/c1-2-3-4-14(17-18-14)5-6-15-12(21)8-20-7-11(16-19-20)13(22)9-23-10-13/h1,7,22H,3-6,8-10H2,(H,15,21). The van der Waals surface area contributed by atoms with Crippen molar-refractivity contribution in [1.82, 2.24) is 20.3 Å². The highest BCUT2D eigenvalue weighted by Gasteiger charge is 2.41. The van der Waals surface area contributed by atoms with Crippen molar-refractivity contribution in [2.24, 2.45) is 10.2 Å². The summed E-state index contributed by atoms with van der Waals surface area (Å²) in [7, 11) is 0. The summed E-state index contributed by atoms with van der Waals surface area (Å²) in [4.78, 5) is 11.9. The highest BCUT2D eigenvalue weighted by atomic mass is 16.5. The number of nitrogens with zero attached hydrogens (tertiary/aromatic N) is 5. The fraction of sp³-hybridized carbons (Fsp3) is 0.643. The van der Waals surface area contributed by atoms with Gasteiger partial charge in [-0.3, -0.25) is 4.79 Å². The third-order valence-electron chi connectivity index (χ3n) is 3.90. The van der Waals surface area contributed by atoms with E-state index in [4.69, 9.17) is 11.2 Å². The van der Waals surface area contributed by atoms with Gasteiger partial charge in [0.15, 0.2) is 11.3 Å². The second-order valence-electron chi connectivity index (χ2n) is 5.81. The fourth-order valence-corrected chi connectivity index (χ4v) is 2.31. The molecule has 3 heterocycles. The van der Waals surface area contributed by atoms with Gasteiger partial charge in [-0.05, 0) is 0 Å². The molecule has 3 rings (SSSR count). The first-order chi connectivity index (χ1) is 11.1. The Balaban J connectivity index is 1.41. The smallest absolute Gasteiger partial charge is 0.241 e. The van der Waals surface area contributed by atoms with Crippen molar-refractivity contribution in [2.75, 3.05) is 19.8 Å². The maximum absolute atomic E-state index is 11.9. The van der Waals surface area contributed by atoms with Gasteiger partial charge in [0.05, 0.1) is 19.4 Å². The van der Waals surface area contributed by atoms with Gasteiger partial charge in [-0.2, -0.15) is 10.2 Å². The van der Waals surface area contributed by atoms with Gasteiger partial charge in [0, 0.05) is 25.8 Å². The number of ether oxygens (including phenoxy) is 1.